The normalized spacial score (nSPS) is 15.9. The second-order valence-corrected chi connectivity index (χ2v) is 8.93. The Morgan fingerprint density at radius 2 is 1.68 bits per heavy atom. The van der Waals surface area contributed by atoms with E-state index >= 15 is 0 Å². The van der Waals surface area contributed by atoms with Gasteiger partial charge in [-0.1, -0.05) is 18.2 Å². The molecular formula is C26H23F5N2O8. The molecule has 2 N–H and O–H groups in total. The average molecular weight is 586 g/mol. The second kappa shape index (κ2) is 13.8. The summed E-state index contributed by atoms with van der Waals surface area (Å²) in [5.74, 6) is -16.6. The van der Waals surface area contributed by atoms with E-state index in [-0.39, 0.29) is 37.9 Å². The van der Waals surface area contributed by atoms with Crippen LogP contribution in [0.15, 0.2) is 30.3 Å². The zero-order valence-corrected chi connectivity index (χ0v) is 21.1. The van der Waals surface area contributed by atoms with Crippen molar-refractivity contribution in [3.8, 4) is 5.75 Å². The van der Waals surface area contributed by atoms with Crippen LogP contribution in [0, 0.1) is 35.0 Å². The number of carboxylic acid groups (broad SMARTS) is 1. The van der Waals surface area contributed by atoms with E-state index in [1.54, 1.807) is 0 Å². The molecule has 1 fully saturated rings. The lowest BCUT2D eigenvalue weighted by atomic mass is 10.0. The van der Waals surface area contributed by atoms with Crippen LogP contribution in [0.2, 0.25) is 0 Å². The number of aliphatic carboxylic acids is 1. The Bertz CT molecular complexity index is 1330. The Morgan fingerprint density at radius 3 is 2.32 bits per heavy atom. The number of carbonyl (C=O) groups is 5. The molecule has 2 aromatic rings. The van der Waals surface area contributed by atoms with E-state index in [9.17, 15) is 45.9 Å². The van der Waals surface area contributed by atoms with E-state index in [0.29, 0.717) is 0 Å². The number of hydrogen-bond acceptors (Lipinski definition) is 7. The number of nitrogens with zero attached hydrogens (tertiary/aromatic N) is 1. The molecule has 0 spiro atoms. The van der Waals surface area contributed by atoms with Crippen LogP contribution in [0.25, 0.3) is 0 Å². The van der Waals surface area contributed by atoms with E-state index in [4.69, 9.17) is 9.84 Å². The molecule has 1 aliphatic rings. The summed E-state index contributed by atoms with van der Waals surface area (Å²) < 4.78 is 78.2. The van der Waals surface area contributed by atoms with Crippen molar-refractivity contribution in [1.82, 2.24) is 10.2 Å². The van der Waals surface area contributed by atoms with Crippen molar-refractivity contribution in [2.45, 2.75) is 18.9 Å². The van der Waals surface area contributed by atoms with Gasteiger partial charge in [0.2, 0.25) is 23.3 Å². The van der Waals surface area contributed by atoms with E-state index in [1.165, 1.54) is 18.2 Å². The minimum atomic E-state index is -1.93. The van der Waals surface area contributed by atoms with Crippen molar-refractivity contribution in [1.29, 1.82) is 0 Å². The molecule has 0 aliphatic carbocycles. The lowest BCUT2D eigenvalue weighted by molar-refractivity contribution is -0.145. The van der Waals surface area contributed by atoms with Gasteiger partial charge in [-0.15, -0.1) is 0 Å². The number of benzene rings is 2. The number of ketones is 2. The first kappa shape index (κ1) is 31.1. The summed E-state index contributed by atoms with van der Waals surface area (Å²) in [7, 11) is 0. The molecule has 2 amide bonds. The van der Waals surface area contributed by atoms with Crippen molar-refractivity contribution < 1.29 is 60.5 Å². The fourth-order valence-electron chi connectivity index (χ4n) is 3.85. The van der Waals surface area contributed by atoms with Crippen LogP contribution in [0.1, 0.15) is 12.0 Å². The SMILES string of the molecule is O=C(O)C[C@H](NC(=O)[C@H]1COCCN(C(=O)C(=O)Cc2ccccc2F)C1)C(=O)COc1c(F)c(F)cc(F)c1F. The Kier molecular flexibility index (Phi) is 10.5. The minimum Gasteiger partial charge on any atom is -0.481 e. The molecule has 0 saturated carbocycles. The summed E-state index contributed by atoms with van der Waals surface area (Å²) >= 11 is 0. The molecule has 0 radical (unpaired) electrons. The number of halogens is 5. The molecule has 3 rings (SSSR count). The first-order valence-corrected chi connectivity index (χ1v) is 12.0. The van der Waals surface area contributed by atoms with Crippen molar-refractivity contribution in [3.05, 3.63) is 65.0 Å². The Labute approximate surface area is 229 Å². The fourth-order valence-corrected chi connectivity index (χ4v) is 3.85. The lowest BCUT2D eigenvalue weighted by Gasteiger charge is -2.24. The number of carbonyl (C=O) groups excluding carboxylic acids is 4. The fraction of sp³-hybridized carbons (Fsp3) is 0.346. The van der Waals surface area contributed by atoms with Crippen molar-refractivity contribution >= 4 is 29.4 Å². The van der Waals surface area contributed by atoms with Gasteiger partial charge < -0.3 is 24.8 Å². The molecule has 0 unspecified atom stereocenters. The molecule has 41 heavy (non-hydrogen) atoms. The van der Waals surface area contributed by atoms with Gasteiger partial charge in [-0.25, -0.2) is 13.2 Å². The highest BCUT2D eigenvalue weighted by molar-refractivity contribution is 6.36. The summed E-state index contributed by atoms with van der Waals surface area (Å²) in [6, 6.07) is 3.45. The molecule has 0 aromatic heterocycles. The number of nitrogens with one attached hydrogen (secondary N) is 1. The lowest BCUT2D eigenvalue weighted by Crippen LogP contribution is -2.50. The van der Waals surface area contributed by atoms with Crippen molar-refractivity contribution in [2.24, 2.45) is 5.92 Å². The first-order chi connectivity index (χ1) is 19.4. The third-order valence-corrected chi connectivity index (χ3v) is 5.98. The van der Waals surface area contributed by atoms with Crippen LogP contribution < -0.4 is 10.1 Å². The van der Waals surface area contributed by atoms with Crippen LogP contribution in [0.3, 0.4) is 0 Å². The zero-order chi connectivity index (χ0) is 30.3. The van der Waals surface area contributed by atoms with E-state index in [0.717, 1.165) is 11.0 Å². The maximum Gasteiger partial charge on any atom is 0.305 e. The van der Waals surface area contributed by atoms with Crippen LogP contribution in [0.5, 0.6) is 5.75 Å². The topological polar surface area (TPSA) is 139 Å². The highest BCUT2D eigenvalue weighted by atomic mass is 19.2. The summed E-state index contributed by atoms with van der Waals surface area (Å²) in [5, 5.41) is 11.3. The highest BCUT2D eigenvalue weighted by Gasteiger charge is 2.33. The highest BCUT2D eigenvalue weighted by Crippen LogP contribution is 2.26. The van der Waals surface area contributed by atoms with Crippen molar-refractivity contribution in [3.63, 3.8) is 0 Å². The quantitative estimate of drug-likeness (QED) is 0.230. The van der Waals surface area contributed by atoms with Gasteiger partial charge in [-0.05, 0) is 11.6 Å². The third kappa shape index (κ3) is 8.06. The van der Waals surface area contributed by atoms with Gasteiger partial charge in [-0.3, -0.25) is 24.0 Å². The van der Waals surface area contributed by atoms with E-state index in [2.05, 4.69) is 10.1 Å². The van der Waals surface area contributed by atoms with E-state index < -0.39 is 95.6 Å². The number of amides is 2. The Balaban J connectivity index is 1.67. The molecule has 0 bridgehead atoms. The van der Waals surface area contributed by atoms with Crippen molar-refractivity contribution in [2.75, 3.05) is 32.9 Å². The van der Waals surface area contributed by atoms with E-state index in [1.807, 2.05) is 0 Å². The number of rotatable bonds is 11. The summed E-state index contributed by atoms with van der Waals surface area (Å²) in [6.07, 6.45) is -1.54. The molecule has 220 valence electrons. The maximum atomic E-state index is 13.9. The monoisotopic (exact) mass is 586 g/mol. The molecule has 1 saturated heterocycles. The molecule has 1 heterocycles. The van der Waals surface area contributed by atoms with Gasteiger partial charge >= 0.3 is 5.97 Å². The van der Waals surface area contributed by atoms with Crippen LogP contribution in [0.4, 0.5) is 22.0 Å². The van der Waals surface area contributed by atoms with Crippen LogP contribution in [-0.2, 0) is 35.1 Å². The predicted octanol–water partition coefficient (Wildman–Crippen LogP) is 1.58. The first-order valence-electron chi connectivity index (χ1n) is 12.0. The number of Topliss-reactive ketones (excluding diaryl/α,β-unsaturated/α-hetero) is 2. The zero-order valence-electron chi connectivity index (χ0n) is 21.1. The second-order valence-electron chi connectivity index (χ2n) is 8.93. The van der Waals surface area contributed by atoms with Gasteiger partial charge in [-0.2, -0.15) is 8.78 Å². The van der Waals surface area contributed by atoms with Gasteiger partial charge in [0.15, 0.2) is 23.2 Å². The average Bonchev–Trinajstić information content (AvgIpc) is 3.18. The Hall–Kier alpha value is -4.40. The molecule has 2 atom stereocenters. The van der Waals surface area contributed by atoms with Gasteiger partial charge in [0.25, 0.3) is 5.91 Å². The summed E-state index contributed by atoms with van der Waals surface area (Å²) in [5.41, 5.74) is -0.01000. The number of ether oxygens (including phenoxy) is 2. The Morgan fingerprint density at radius 1 is 1.02 bits per heavy atom. The number of hydrogen-bond donors (Lipinski definition) is 2. The summed E-state index contributed by atoms with van der Waals surface area (Å²) in [4.78, 5) is 63.0. The minimum absolute atomic E-state index is 0.01000. The van der Waals surface area contributed by atoms with Gasteiger partial charge in [0.05, 0.1) is 25.6 Å². The molecule has 2 aromatic carbocycles. The van der Waals surface area contributed by atoms with Crippen LogP contribution >= 0.6 is 0 Å². The van der Waals surface area contributed by atoms with Crippen LogP contribution in [-0.4, -0.2) is 78.3 Å². The van der Waals surface area contributed by atoms with Gasteiger partial charge in [0, 0.05) is 25.6 Å². The number of carboxylic acids is 1. The molecular weight excluding hydrogens is 563 g/mol. The van der Waals surface area contributed by atoms with Gasteiger partial charge in [0.1, 0.15) is 18.5 Å². The summed E-state index contributed by atoms with van der Waals surface area (Å²) in [6.45, 7) is -2.11. The standard InChI is InChI=1S/C26H23F5N2O8/c27-15-4-2-1-3-13(15)7-19(34)26(39)33-5-6-40-11-14(10-33)25(38)32-18(9-21(36)37)20(35)12-41-24-22(30)16(28)8-17(29)23(24)31/h1-4,8,14,18H,5-7,9-12H2,(H,32,38)(H,36,37)/t14-,18+/m1/s1. The molecule has 15 heteroatoms. The smallest absolute Gasteiger partial charge is 0.305 e. The molecule has 1 aliphatic heterocycles. The third-order valence-electron chi connectivity index (χ3n) is 5.98. The predicted molar refractivity (Wildman–Crippen MR) is 127 cm³/mol. The maximum absolute atomic E-state index is 13.9. The molecule has 10 nitrogen and oxygen atoms in total. The largest absolute Gasteiger partial charge is 0.481 e.